The second-order valence-corrected chi connectivity index (χ2v) is 16.4. The number of anilines is 2. The maximum absolute atomic E-state index is 14.6. The Balaban J connectivity index is 0.733. The number of hydrogen-bond acceptors (Lipinski definition) is 12. The Morgan fingerprint density at radius 3 is 2.33 bits per heavy atom. The first-order valence-corrected chi connectivity index (χ1v) is 21.2. The third-order valence-electron chi connectivity index (χ3n) is 12.2. The number of likely N-dealkylation sites (tertiary alicyclic amines) is 1. The minimum Gasteiger partial charge on any atom is -0.378 e. The number of piperidine rings is 1. The molecule has 3 fully saturated rings. The molecule has 0 aromatic heterocycles. The van der Waals surface area contributed by atoms with Crippen LogP contribution in [0.5, 0.6) is 0 Å². The van der Waals surface area contributed by atoms with Gasteiger partial charge in [0.1, 0.15) is 11.9 Å². The fraction of sp³-hybridized carbons (Fsp3) is 0.489. The number of rotatable bonds is 18. The van der Waals surface area contributed by atoms with Crippen LogP contribution in [0, 0.1) is 12.7 Å². The van der Waals surface area contributed by atoms with Gasteiger partial charge < -0.3 is 29.9 Å². The van der Waals surface area contributed by atoms with Gasteiger partial charge in [-0.15, -0.1) is 0 Å². The minimum absolute atomic E-state index is 0.0457. The SMILES string of the molecule is Cc1cccc(F)c1CN1C[C@H](c2ccc(N3CCN(CCOCCOCCNC(=O)CNc4ccc5c(c4)C(=O)N(C4CCC(=O)NC4=O)C5=O)CC3)cc2)[C@@H](N(C)C)C1. The summed E-state index contributed by atoms with van der Waals surface area (Å²) >= 11 is 0. The van der Waals surface area contributed by atoms with Crippen LogP contribution in [0.15, 0.2) is 60.7 Å². The Morgan fingerprint density at radius 2 is 1.61 bits per heavy atom. The van der Waals surface area contributed by atoms with E-state index in [1.807, 2.05) is 13.0 Å². The van der Waals surface area contributed by atoms with Crippen molar-refractivity contribution in [2.75, 3.05) is 110 Å². The molecular weight excluding hydrogens is 784 g/mol. The Morgan fingerprint density at radius 1 is 0.869 bits per heavy atom. The van der Waals surface area contributed by atoms with E-state index in [1.54, 1.807) is 18.2 Å². The second kappa shape index (κ2) is 20.1. The van der Waals surface area contributed by atoms with Gasteiger partial charge in [0.2, 0.25) is 17.7 Å². The summed E-state index contributed by atoms with van der Waals surface area (Å²) in [6.07, 6.45) is 0.126. The van der Waals surface area contributed by atoms with Crippen LogP contribution >= 0.6 is 0 Å². The monoisotopic (exact) mass is 840 g/mol. The molecule has 16 heteroatoms. The molecule has 3 aromatic carbocycles. The Hall–Kier alpha value is -5.26. The van der Waals surface area contributed by atoms with Crippen LogP contribution in [-0.2, 0) is 30.4 Å². The van der Waals surface area contributed by atoms with Crippen LogP contribution in [0.3, 0.4) is 0 Å². The summed E-state index contributed by atoms with van der Waals surface area (Å²) in [6, 6.07) is 18.3. The van der Waals surface area contributed by atoms with Crippen molar-refractivity contribution in [1.29, 1.82) is 0 Å². The smallest absolute Gasteiger partial charge is 0.262 e. The molecule has 3 N–H and O–H groups in total. The fourth-order valence-corrected chi connectivity index (χ4v) is 8.70. The number of benzene rings is 3. The van der Waals surface area contributed by atoms with Gasteiger partial charge in [-0.05, 0) is 75.0 Å². The van der Waals surface area contributed by atoms with Gasteiger partial charge in [0.25, 0.3) is 11.8 Å². The Bertz CT molecular complexity index is 2060. The molecule has 0 aliphatic carbocycles. The molecule has 0 radical (unpaired) electrons. The van der Waals surface area contributed by atoms with Gasteiger partial charge in [0.15, 0.2) is 0 Å². The van der Waals surface area contributed by atoms with Gasteiger partial charge in [-0.1, -0.05) is 24.3 Å². The highest BCUT2D eigenvalue weighted by atomic mass is 19.1. The number of aryl methyl sites for hydroxylation is 1. The lowest BCUT2D eigenvalue weighted by atomic mass is 9.93. The van der Waals surface area contributed by atoms with Crippen molar-refractivity contribution in [1.82, 2.24) is 30.2 Å². The number of nitrogens with one attached hydrogen (secondary N) is 3. The van der Waals surface area contributed by atoms with Crippen LogP contribution in [0.25, 0.3) is 0 Å². The van der Waals surface area contributed by atoms with Crippen molar-refractivity contribution >= 4 is 40.9 Å². The van der Waals surface area contributed by atoms with Crippen LogP contribution in [0.2, 0.25) is 0 Å². The molecule has 4 aliphatic rings. The number of nitrogens with zero attached hydrogens (tertiary/aromatic N) is 5. The number of likely N-dealkylation sites (N-methyl/N-ethyl adjacent to an activating group) is 1. The Kier molecular flexibility index (Phi) is 14.4. The van der Waals surface area contributed by atoms with Gasteiger partial charge in [0.05, 0.1) is 44.1 Å². The number of fused-ring (bicyclic) bond motifs is 1. The van der Waals surface area contributed by atoms with Crippen molar-refractivity contribution in [3.63, 3.8) is 0 Å². The third kappa shape index (κ3) is 10.6. The summed E-state index contributed by atoms with van der Waals surface area (Å²) in [5, 5.41) is 7.92. The largest absolute Gasteiger partial charge is 0.378 e. The molecule has 0 bridgehead atoms. The number of halogens is 1. The summed E-state index contributed by atoms with van der Waals surface area (Å²) in [6.45, 7) is 11.1. The maximum atomic E-state index is 14.6. The van der Waals surface area contributed by atoms with E-state index in [1.165, 1.54) is 23.4 Å². The predicted octanol–water partition coefficient (Wildman–Crippen LogP) is 2.45. The predicted molar refractivity (Wildman–Crippen MR) is 228 cm³/mol. The van der Waals surface area contributed by atoms with Crippen molar-refractivity contribution in [3.8, 4) is 0 Å². The van der Waals surface area contributed by atoms with Crippen LogP contribution < -0.4 is 20.9 Å². The van der Waals surface area contributed by atoms with E-state index in [0.29, 0.717) is 57.2 Å². The molecule has 3 saturated heterocycles. The van der Waals surface area contributed by atoms with Crippen LogP contribution in [0.1, 0.15) is 56.2 Å². The number of carbonyl (C=O) groups is 5. The number of ether oxygens (including phenoxy) is 2. The zero-order chi connectivity index (χ0) is 43.0. The molecule has 7 rings (SSSR count). The van der Waals surface area contributed by atoms with Gasteiger partial charge >= 0.3 is 0 Å². The first-order valence-electron chi connectivity index (χ1n) is 21.2. The molecule has 3 aromatic rings. The fourth-order valence-electron chi connectivity index (χ4n) is 8.70. The topological polar surface area (TPSA) is 156 Å². The molecule has 0 saturated carbocycles. The van der Waals surface area contributed by atoms with E-state index < -0.39 is 29.7 Å². The summed E-state index contributed by atoms with van der Waals surface area (Å²) in [7, 11) is 4.27. The van der Waals surface area contributed by atoms with E-state index in [-0.39, 0.29) is 42.2 Å². The van der Waals surface area contributed by atoms with E-state index in [0.717, 1.165) is 61.8 Å². The lowest BCUT2D eigenvalue weighted by Gasteiger charge is -2.36. The summed E-state index contributed by atoms with van der Waals surface area (Å²) < 4.78 is 26.1. The average Bonchev–Trinajstić information content (AvgIpc) is 3.79. The number of imide groups is 2. The molecule has 4 heterocycles. The molecule has 0 spiro atoms. The molecular formula is C45H57FN8O7. The quantitative estimate of drug-likeness (QED) is 0.127. The van der Waals surface area contributed by atoms with Gasteiger partial charge in [0, 0.05) is 94.2 Å². The Labute approximate surface area is 356 Å². The molecule has 3 atom stereocenters. The van der Waals surface area contributed by atoms with Crippen molar-refractivity contribution in [2.45, 2.75) is 44.3 Å². The molecule has 1 unspecified atom stereocenters. The second-order valence-electron chi connectivity index (χ2n) is 16.4. The normalized spacial score (nSPS) is 21.0. The van der Waals surface area contributed by atoms with Crippen molar-refractivity contribution in [2.24, 2.45) is 0 Å². The van der Waals surface area contributed by atoms with Crippen molar-refractivity contribution < 1.29 is 37.8 Å². The maximum Gasteiger partial charge on any atom is 0.262 e. The van der Waals surface area contributed by atoms with E-state index in [4.69, 9.17) is 9.47 Å². The summed E-state index contributed by atoms with van der Waals surface area (Å²) in [4.78, 5) is 72.6. The number of piperazine rings is 1. The van der Waals surface area contributed by atoms with Crippen LogP contribution in [-0.4, -0.2) is 161 Å². The van der Waals surface area contributed by atoms with Crippen LogP contribution in [0.4, 0.5) is 15.8 Å². The highest BCUT2D eigenvalue weighted by Crippen LogP contribution is 2.34. The molecule has 4 aliphatic heterocycles. The van der Waals surface area contributed by atoms with E-state index in [9.17, 15) is 28.4 Å². The zero-order valence-electron chi connectivity index (χ0n) is 35.3. The highest BCUT2D eigenvalue weighted by Gasteiger charge is 2.44. The average molecular weight is 841 g/mol. The summed E-state index contributed by atoms with van der Waals surface area (Å²) in [5.74, 6) is -2.33. The van der Waals surface area contributed by atoms with Gasteiger partial charge in [-0.3, -0.25) is 44.0 Å². The standard InChI is InChI=1S/C45H57FN8O7/c1-30-5-4-6-38(46)36(30)27-52-28-37(40(29-52)50(2)3)31-7-10-33(11-8-31)53-18-16-51(17-19-53)20-22-61-24-23-60-21-15-47-42(56)26-48-32-9-12-34-35(25-32)45(59)54(44(34)58)39-13-14-41(55)49-43(39)57/h4-12,25,37,39-40,48H,13-24,26-29H2,1-3H3,(H,47,56)(H,49,55,57)/t37-,39?,40+/m1/s1. The van der Waals surface area contributed by atoms with E-state index >= 15 is 0 Å². The minimum atomic E-state index is -1.04. The molecule has 326 valence electrons. The number of carbonyl (C=O) groups excluding carboxylic acids is 5. The highest BCUT2D eigenvalue weighted by molar-refractivity contribution is 6.23. The molecule has 15 nitrogen and oxygen atoms in total. The number of hydrogen-bond donors (Lipinski definition) is 3. The van der Waals surface area contributed by atoms with E-state index in [2.05, 4.69) is 73.9 Å². The summed E-state index contributed by atoms with van der Waals surface area (Å²) in [5.41, 5.74) is 5.13. The molecule has 61 heavy (non-hydrogen) atoms. The van der Waals surface area contributed by atoms with Gasteiger partial charge in [-0.25, -0.2) is 4.39 Å². The first kappa shape index (κ1) is 43.8. The zero-order valence-corrected chi connectivity index (χ0v) is 35.3. The third-order valence-corrected chi connectivity index (χ3v) is 12.2. The molecule has 5 amide bonds. The number of amides is 5. The first-order chi connectivity index (χ1) is 29.5. The lowest BCUT2D eigenvalue weighted by molar-refractivity contribution is -0.136. The van der Waals surface area contributed by atoms with Crippen molar-refractivity contribution in [3.05, 3.63) is 94.3 Å². The van der Waals surface area contributed by atoms with Gasteiger partial charge in [-0.2, -0.15) is 0 Å². The lowest BCUT2D eigenvalue weighted by Crippen LogP contribution is -2.54.